The van der Waals surface area contributed by atoms with Gasteiger partial charge in [-0.05, 0) is 19.8 Å². The first-order chi connectivity index (χ1) is 9.25. The van der Waals surface area contributed by atoms with Gasteiger partial charge in [0.1, 0.15) is 6.61 Å². The van der Waals surface area contributed by atoms with E-state index in [-0.39, 0.29) is 19.1 Å². The van der Waals surface area contributed by atoms with Crippen LogP contribution >= 0.6 is 0 Å². The van der Waals surface area contributed by atoms with Crippen LogP contribution in [-0.2, 0) is 19.1 Å². The Morgan fingerprint density at radius 2 is 1.85 bits per heavy atom. The van der Waals surface area contributed by atoms with Gasteiger partial charge in [0.05, 0.1) is 37.0 Å². The predicted octanol–water partition coefficient (Wildman–Crippen LogP) is 1.84. The fourth-order valence-electron chi connectivity index (χ4n) is 1.62. The lowest BCUT2D eigenvalue weighted by atomic mass is 9.73. The van der Waals surface area contributed by atoms with Crippen molar-refractivity contribution in [2.75, 3.05) is 19.8 Å². The second kappa shape index (κ2) is 8.54. The maximum Gasteiger partial charge on any atom is 0.311 e. The van der Waals surface area contributed by atoms with Gasteiger partial charge in [-0.3, -0.25) is 9.59 Å². The number of ether oxygens (including phenoxy) is 2. The standard InChI is InChI=1S/C14H23NO5/c1-10(12(16)17)11(2)14(3,4)13(18)20-9-8-19-7-5-6-15/h10-11H,5,7-9H2,1-4H3,(H,16,17). The molecule has 0 aliphatic rings. The zero-order valence-corrected chi connectivity index (χ0v) is 12.5. The lowest BCUT2D eigenvalue weighted by Crippen LogP contribution is -2.39. The summed E-state index contributed by atoms with van der Waals surface area (Å²) in [5, 5.41) is 17.3. The molecule has 0 spiro atoms. The van der Waals surface area contributed by atoms with Crippen molar-refractivity contribution >= 4 is 11.9 Å². The molecular weight excluding hydrogens is 262 g/mol. The molecule has 1 N–H and O–H groups in total. The van der Waals surface area contributed by atoms with Gasteiger partial charge in [0.25, 0.3) is 0 Å². The number of hydrogen-bond donors (Lipinski definition) is 1. The highest BCUT2D eigenvalue weighted by atomic mass is 16.6. The predicted molar refractivity (Wildman–Crippen MR) is 71.8 cm³/mol. The molecular formula is C14H23NO5. The van der Waals surface area contributed by atoms with Crippen molar-refractivity contribution in [3.63, 3.8) is 0 Å². The highest BCUT2D eigenvalue weighted by Crippen LogP contribution is 2.33. The van der Waals surface area contributed by atoms with Gasteiger partial charge in [-0.25, -0.2) is 0 Å². The first kappa shape index (κ1) is 18.4. The number of carbonyl (C=O) groups excluding carboxylic acids is 1. The van der Waals surface area contributed by atoms with Crippen molar-refractivity contribution in [3.05, 3.63) is 0 Å². The zero-order valence-electron chi connectivity index (χ0n) is 12.5. The fraction of sp³-hybridized carbons (Fsp3) is 0.786. The van der Waals surface area contributed by atoms with Crippen LogP contribution in [0.25, 0.3) is 0 Å². The van der Waals surface area contributed by atoms with Gasteiger partial charge >= 0.3 is 11.9 Å². The Balaban J connectivity index is 4.24. The van der Waals surface area contributed by atoms with Crippen molar-refractivity contribution in [1.82, 2.24) is 0 Å². The van der Waals surface area contributed by atoms with Gasteiger partial charge in [0.2, 0.25) is 0 Å². The number of nitriles is 1. The second-order valence-corrected chi connectivity index (χ2v) is 5.29. The van der Waals surface area contributed by atoms with Crippen molar-refractivity contribution < 1.29 is 24.2 Å². The summed E-state index contributed by atoms with van der Waals surface area (Å²) < 4.78 is 10.2. The van der Waals surface area contributed by atoms with Crippen LogP contribution in [0.5, 0.6) is 0 Å². The largest absolute Gasteiger partial charge is 0.481 e. The normalized spacial score (nSPS) is 14.2. The van der Waals surface area contributed by atoms with E-state index in [1.54, 1.807) is 27.7 Å². The van der Waals surface area contributed by atoms with Crippen LogP contribution in [0.1, 0.15) is 34.1 Å². The van der Waals surface area contributed by atoms with Crippen LogP contribution in [0.2, 0.25) is 0 Å². The van der Waals surface area contributed by atoms with E-state index < -0.39 is 23.3 Å². The summed E-state index contributed by atoms with van der Waals surface area (Å²) in [4.78, 5) is 23.0. The molecule has 0 aliphatic carbocycles. The third-order valence-corrected chi connectivity index (χ3v) is 3.62. The number of esters is 1. The van der Waals surface area contributed by atoms with Gasteiger partial charge in [0.15, 0.2) is 0 Å². The minimum atomic E-state index is -0.932. The van der Waals surface area contributed by atoms with E-state index in [9.17, 15) is 9.59 Å². The van der Waals surface area contributed by atoms with Crippen LogP contribution in [-0.4, -0.2) is 36.9 Å². The minimum absolute atomic E-state index is 0.0991. The summed E-state index contributed by atoms with van der Waals surface area (Å²) in [6, 6.07) is 1.94. The number of hydrogen-bond acceptors (Lipinski definition) is 5. The smallest absolute Gasteiger partial charge is 0.311 e. The fourth-order valence-corrected chi connectivity index (χ4v) is 1.62. The summed E-state index contributed by atoms with van der Waals surface area (Å²) in [6.07, 6.45) is 0.298. The molecule has 114 valence electrons. The average Bonchev–Trinajstić information content (AvgIpc) is 2.40. The highest BCUT2D eigenvalue weighted by Gasteiger charge is 2.40. The molecule has 0 radical (unpaired) electrons. The van der Waals surface area contributed by atoms with Crippen LogP contribution in [0.15, 0.2) is 0 Å². The molecule has 2 unspecified atom stereocenters. The Labute approximate surface area is 119 Å². The molecule has 0 aromatic heterocycles. The Bertz CT molecular complexity index is 372. The number of rotatable bonds is 9. The summed E-state index contributed by atoms with van der Waals surface area (Å²) >= 11 is 0. The Kier molecular flexibility index (Phi) is 7.85. The lowest BCUT2D eigenvalue weighted by molar-refractivity contribution is -0.161. The lowest BCUT2D eigenvalue weighted by Gasteiger charge is -2.31. The molecule has 0 saturated heterocycles. The van der Waals surface area contributed by atoms with Crippen molar-refractivity contribution in [1.29, 1.82) is 5.26 Å². The van der Waals surface area contributed by atoms with Crippen molar-refractivity contribution in [3.8, 4) is 6.07 Å². The zero-order chi connectivity index (χ0) is 15.8. The van der Waals surface area contributed by atoms with E-state index in [0.29, 0.717) is 13.0 Å². The number of aliphatic carboxylic acids is 1. The van der Waals surface area contributed by atoms with Crippen LogP contribution < -0.4 is 0 Å². The average molecular weight is 285 g/mol. The Hall–Kier alpha value is -1.61. The molecule has 0 fully saturated rings. The topological polar surface area (TPSA) is 96.6 Å². The first-order valence-corrected chi connectivity index (χ1v) is 6.59. The molecule has 20 heavy (non-hydrogen) atoms. The first-order valence-electron chi connectivity index (χ1n) is 6.59. The molecule has 6 heteroatoms. The van der Waals surface area contributed by atoms with Gasteiger partial charge in [0, 0.05) is 0 Å². The third-order valence-electron chi connectivity index (χ3n) is 3.62. The number of carboxylic acids is 1. The minimum Gasteiger partial charge on any atom is -0.481 e. The van der Waals surface area contributed by atoms with Crippen molar-refractivity contribution in [2.45, 2.75) is 34.1 Å². The maximum absolute atomic E-state index is 12.0. The molecule has 0 aromatic carbocycles. The monoisotopic (exact) mass is 285 g/mol. The summed E-state index contributed by atoms with van der Waals surface area (Å²) in [5.41, 5.74) is -0.884. The van der Waals surface area contributed by atoms with E-state index in [1.165, 1.54) is 0 Å². The van der Waals surface area contributed by atoms with Crippen LogP contribution in [0.4, 0.5) is 0 Å². The molecule has 0 rings (SSSR count). The van der Waals surface area contributed by atoms with Gasteiger partial charge in [-0.2, -0.15) is 5.26 Å². The number of carboxylic acid groups (broad SMARTS) is 1. The number of nitrogens with zero attached hydrogens (tertiary/aromatic N) is 1. The quantitative estimate of drug-likeness (QED) is 0.513. The van der Waals surface area contributed by atoms with E-state index in [2.05, 4.69) is 0 Å². The third kappa shape index (κ3) is 5.57. The summed E-state index contributed by atoms with van der Waals surface area (Å²) in [7, 11) is 0. The molecule has 0 saturated carbocycles. The van der Waals surface area contributed by atoms with Gasteiger partial charge < -0.3 is 14.6 Å². The molecule has 0 bridgehead atoms. The highest BCUT2D eigenvalue weighted by molar-refractivity contribution is 5.78. The molecule has 0 heterocycles. The Morgan fingerprint density at radius 1 is 1.25 bits per heavy atom. The maximum atomic E-state index is 12.0. The van der Waals surface area contributed by atoms with Gasteiger partial charge in [-0.1, -0.05) is 13.8 Å². The van der Waals surface area contributed by atoms with E-state index in [0.717, 1.165) is 0 Å². The summed E-state index contributed by atoms with van der Waals surface area (Å²) in [5.74, 6) is -2.36. The molecule has 2 atom stereocenters. The van der Waals surface area contributed by atoms with E-state index >= 15 is 0 Å². The van der Waals surface area contributed by atoms with Crippen molar-refractivity contribution in [2.24, 2.45) is 17.3 Å². The van der Waals surface area contributed by atoms with E-state index in [1.807, 2.05) is 6.07 Å². The number of carbonyl (C=O) groups is 2. The molecule has 6 nitrogen and oxygen atoms in total. The van der Waals surface area contributed by atoms with E-state index in [4.69, 9.17) is 19.8 Å². The molecule has 0 aliphatic heterocycles. The molecule has 0 aromatic rings. The van der Waals surface area contributed by atoms with Crippen LogP contribution in [0, 0.1) is 28.6 Å². The SMILES string of the molecule is CC(C(=O)O)C(C)C(C)(C)C(=O)OCCOCCC#N. The second-order valence-electron chi connectivity index (χ2n) is 5.29. The summed E-state index contributed by atoms with van der Waals surface area (Å²) in [6.45, 7) is 7.29. The van der Waals surface area contributed by atoms with Crippen LogP contribution in [0.3, 0.4) is 0 Å². The molecule has 0 amide bonds. The van der Waals surface area contributed by atoms with Gasteiger partial charge in [-0.15, -0.1) is 0 Å². The Morgan fingerprint density at radius 3 is 2.35 bits per heavy atom.